The molecule has 0 aliphatic carbocycles. The van der Waals surface area contributed by atoms with E-state index in [0.29, 0.717) is 12.5 Å². The average Bonchev–Trinajstić information content (AvgIpc) is 3.17. The van der Waals surface area contributed by atoms with Gasteiger partial charge in [-0.1, -0.05) is 30.3 Å². The number of nitrogens with zero attached hydrogens (tertiary/aromatic N) is 3. The van der Waals surface area contributed by atoms with Crippen LogP contribution in [0.15, 0.2) is 60.7 Å². The number of likely N-dealkylation sites (N-methyl/N-ethyl adjacent to an activating group) is 1. The fraction of sp³-hybridized carbons (Fsp3) is 0.217. The molecule has 1 unspecified atom stereocenters. The van der Waals surface area contributed by atoms with Crippen LogP contribution in [0.4, 0.5) is 0 Å². The molecule has 0 bridgehead atoms. The normalized spacial score (nSPS) is 17.0. The van der Waals surface area contributed by atoms with Crippen molar-refractivity contribution in [2.45, 2.75) is 19.0 Å². The highest BCUT2D eigenvalue weighted by Crippen LogP contribution is 2.35. The van der Waals surface area contributed by atoms with Crippen LogP contribution in [-0.4, -0.2) is 33.7 Å². The minimum atomic E-state index is 0.334. The van der Waals surface area contributed by atoms with Gasteiger partial charge in [0.25, 0.3) is 0 Å². The topological polar surface area (TPSA) is 70.8 Å². The van der Waals surface area contributed by atoms with Gasteiger partial charge >= 0.3 is 0 Å². The fourth-order valence-electron chi connectivity index (χ4n) is 4.18. The van der Waals surface area contributed by atoms with E-state index in [0.717, 1.165) is 30.0 Å². The second-order valence-electron chi connectivity index (χ2n) is 7.59. The number of benzene rings is 2. The van der Waals surface area contributed by atoms with Crippen molar-refractivity contribution in [1.82, 2.24) is 20.1 Å². The molecule has 1 aliphatic heterocycles. The Morgan fingerprint density at radius 2 is 1.96 bits per heavy atom. The summed E-state index contributed by atoms with van der Waals surface area (Å²) in [6, 6.07) is 21.4. The Hall–Kier alpha value is -3.02. The standard InChI is InChI=1S/C23H23N5/c1-28-13-17-10-16(22-9-7-18(12-24)26-27-22)6-8-19(17)20(14-28)23-11-15-4-2-3-5-21(15)25-23/h2-11,20,25H,12-14,24H2,1H3. The van der Waals surface area contributed by atoms with E-state index in [1.807, 2.05) is 12.1 Å². The van der Waals surface area contributed by atoms with Crippen molar-refractivity contribution in [1.29, 1.82) is 0 Å². The number of nitrogens with two attached hydrogens (primary N) is 1. The number of nitrogens with one attached hydrogen (secondary N) is 1. The first-order chi connectivity index (χ1) is 13.7. The van der Waals surface area contributed by atoms with E-state index in [1.165, 1.54) is 27.7 Å². The van der Waals surface area contributed by atoms with Crippen LogP contribution < -0.4 is 5.73 Å². The van der Waals surface area contributed by atoms with Gasteiger partial charge in [0.2, 0.25) is 0 Å². The molecule has 5 rings (SSSR count). The summed E-state index contributed by atoms with van der Waals surface area (Å²) in [5, 5.41) is 9.80. The zero-order chi connectivity index (χ0) is 19.1. The van der Waals surface area contributed by atoms with E-state index in [4.69, 9.17) is 5.73 Å². The van der Waals surface area contributed by atoms with Crippen LogP contribution in [0.5, 0.6) is 0 Å². The third-order valence-corrected chi connectivity index (χ3v) is 5.60. The maximum absolute atomic E-state index is 5.63. The van der Waals surface area contributed by atoms with Crippen molar-refractivity contribution < 1.29 is 0 Å². The van der Waals surface area contributed by atoms with E-state index < -0.39 is 0 Å². The Kier molecular flexibility index (Phi) is 4.19. The predicted molar refractivity (Wildman–Crippen MR) is 112 cm³/mol. The number of fused-ring (bicyclic) bond motifs is 2. The van der Waals surface area contributed by atoms with Crippen LogP contribution in [0.3, 0.4) is 0 Å². The molecule has 0 saturated carbocycles. The molecule has 0 radical (unpaired) electrons. The highest BCUT2D eigenvalue weighted by molar-refractivity contribution is 5.80. The summed E-state index contributed by atoms with van der Waals surface area (Å²) < 4.78 is 0. The molecule has 5 nitrogen and oxygen atoms in total. The van der Waals surface area contributed by atoms with E-state index in [-0.39, 0.29) is 0 Å². The van der Waals surface area contributed by atoms with Crippen molar-refractivity contribution >= 4 is 10.9 Å². The summed E-state index contributed by atoms with van der Waals surface area (Å²) in [6.07, 6.45) is 0. The molecule has 1 aliphatic rings. The minimum absolute atomic E-state index is 0.334. The molecule has 3 N–H and O–H groups in total. The average molecular weight is 369 g/mol. The zero-order valence-corrected chi connectivity index (χ0v) is 15.9. The van der Waals surface area contributed by atoms with Crippen molar-refractivity contribution in [3.8, 4) is 11.3 Å². The Morgan fingerprint density at radius 1 is 1.07 bits per heavy atom. The summed E-state index contributed by atoms with van der Waals surface area (Å²) in [5.41, 5.74) is 13.6. The van der Waals surface area contributed by atoms with Gasteiger partial charge in [-0.3, -0.25) is 0 Å². The van der Waals surface area contributed by atoms with E-state index >= 15 is 0 Å². The number of aromatic nitrogens is 3. The number of hydrogen-bond donors (Lipinski definition) is 2. The van der Waals surface area contributed by atoms with Crippen LogP contribution in [-0.2, 0) is 13.1 Å². The number of para-hydroxylation sites is 1. The van der Waals surface area contributed by atoms with Gasteiger partial charge in [-0.25, -0.2) is 0 Å². The Bertz CT molecular complexity index is 1100. The van der Waals surface area contributed by atoms with Gasteiger partial charge in [-0.15, -0.1) is 0 Å². The Morgan fingerprint density at radius 3 is 2.75 bits per heavy atom. The quantitative estimate of drug-likeness (QED) is 0.578. The monoisotopic (exact) mass is 369 g/mol. The predicted octanol–water partition coefficient (Wildman–Crippen LogP) is 3.66. The summed E-state index contributed by atoms with van der Waals surface area (Å²) in [4.78, 5) is 6.01. The lowest BCUT2D eigenvalue weighted by Gasteiger charge is -2.32. The highest BCUT2D eigenvalue weighted by Gasteiger charge is 2.26. The fourth-order valence-corrected chi connectivity index (χ4v) is 4.18. The van der Waals surface area contributed by atoms with Crippen LogP contribution in [0.1, 0.15) is 28.4 Å². The van der Waals surface area contributed by atoms with Crippen LogP contribution in [0.2, 0.25) is 0 Å². The van der Waals surface area contributed by atoms with Gasteiger partial charge in [-0.05, 0) is 53.9 Å². The molecular weight excluding hydrogens is 346 g/mol. The SMILES string of the molecule is CN1Cc2cc(-c3ccc(CN)nn3)ccc2C(c2cc3ccccc3[nH]2)C1. The zero-order valence-electron chi connectivity index (χ0n) is 15.9. The van der Waals surface area contributed by atoms with Crippen molar-refractivity contribution in [3.63, 3.8) is 0 Å². The van der Waals surface area contributed by atoms with Gasteiger partial charge in [0.1, 0.15) is 0 Å². The number of aromatic amines is 1. The molecule has 5 heteroatoms. The van der Waals surface area contributed by atoms with Crippen molar-refractivity contribution in [2.75, 3.05) is 13.6 Å². The van der Waals surface area contributed by atoms with Crippen LogP contribution in [0, 0.1) is 0 Å². The molecule has 4 aromatic rings. The molecule has 0 fully saturated rings. The third kappa shape index (κ3) is 2.99. The van der Waals surface area contributed by atoms with Crippen molar-refractivity contribution in [3.05, 3.63) is 83.2 Å². The van der Waals surface area contributed by atoms with Gasteiger partial charge in [0.05, 0.1) is 11.4 Å². The van der Waals surface area contributed by atoms with Gasteiger partial charge < -0.3 is 15.6 Å². The van der Waals surface area contributed by atoms with E-state index in [2.05, 4.69) is 75.7 Å². The van der Waals surface area contributed by atoms with Crippen molar-refractivity contribution in [2.24, 2.45) is 5.73 Å². The van der Waals surface area contributed by atoms with Gasteiger partial charge in [0.15, 0.2) is 0 Å². The summed E-state index contributed by atoms with van der Waals surface area (Å²) in [7, 11) is 2.18. The first-order valence-corrected chi connectivity index (χ1v) is 9.63. The molecule has 28 heavy (non-hydrogen) atoms. The largest absolute Gasteiger partial charge is 0.358 e. The summed E-state index contributed by atoms with van der Waals surface area (Å²) in [5.74, 6) is 0.334. The van der Waals surface area contributed by atoms with Gasteiger partial charge in [-0.2, -0.15) is 10.2 Å². The molecule has 0 spiro atoms. The molecule has 0 amide bonds. The van der Waals surface area contributed by atoms with E-state index in [1.54, 1.807) is 0 Å². The maximum Gasteiger partial charge on any atom is 0.0929 e. The molecule has 2 aromatic heterocycles. The van der Waals surface area contributed by atoms with Gasteiger partial charge in [0, 0.05) is 42.3 Å². The van der Waals surface area contributed by atoms with Crippen LogP contribution >= 0.6 is 0 Å². The smallest absolute Gasteiger partial charge is 0.0929 e. The first-order valence-electron chi connectivity index (χ1n) is 9.63. The lowest BCUT2D eigenvalue weighted by Crippen LogP contribution is -2.31. The number of hydrogen-bond acceptors (Lipinski definition) is 4. The second kappa shape index (κ2) is 6.86. The third-order valence-electron chi connectivity index (χ3n) is 5.60. The highest BCUT2D eigenvalue weighted by atomic mass is 15.1. The lowest BCUT2D eigenvalue weighted by atomic mass is 9.86. The van der Waals surface area contributed by atoms with E-state index in [9.17, 15) is 0 Å². The minimum Gasteiger partial charge on any atom is -0.358 e. The molecule has 2 aromatic carbocycles. The second-order valence-corrected chi connectivity index (χ2v) is 7.59. The molecule has 3 heterocycles. The van der Waals surface area contributed by atoms with Crippen LogP contribution in [0.25, 0.3) is 22.2 Å². The Labute approximate surface area is 164 Å². The molecule has 0 saturated heterocycles. The molecule has 140 valence electrons. The molecule has 1 atom stereocenters. The molecular formula is C23H23N5. The first kappa shape index (κ1) is 17.1. The summed E-state index contributed by atoms with van der Waals surface area (Å²) >= 11 is 0. The Balaban J connectivity index is 1.55. The summed E-state index contributed by atoms with van der Waals surface area (Å²) in [6.45, 7) is 2.35. The number of rotatable bonds is 3. The maximum atomic E-state index is 5.63. The lowest BCUT2D eigenvalue weighted by molar-refractivity contribution is 0.294. The number of H-pyrrole nitrogens is 1.